The highest BCUT2D eigenvalue weighted by Gasteiger charge is 2.16. The number of benzene rings is 1. The maximum absolute atomic E-state index is 10.8. The van der Waals surface area contributed by atoms with Gasteiger partial charge in [0.2, 0.25) is 5.91 Å². The minimum absolute atomic E-state index is 0.270. The zero-order valence-corrected chi connectivity index (χ0v) is 14.4. The van der Waals surface area contributed by atoms with Crippen LogP contribution in [0.5, 0.6) is 5.75 Å². The molecule has 0 aromatic heterocycles. The Morgan fingerprint density at radius 2 is 2.00 bits per heavy atom. The predicted octanol–water partition coefficient (Wildman–Crippen LogP) is 4.48. The van der Waals surface area contributed by atoms with Crippen LogP contribution in [0.3, 0.4) is 0 Å². The molecule has 0 radical (unpaired) electrons. The molecule has 0 aliphatic heterocycles. The van der Waals surface area contributed by atoms with Gasteiger partial charge in [-0.05, 0) is 42.7 Å². The first kappa shape index (κ1) is 17.8. The first-order valence-electron chi connectivity index (χ1n) is 9.14. The second kappa shape index (κ2) is 9.59. The number of nitrogens with two attached hydrogens (primary N) is 1. The van der Waals surface area contributed by atoms with Crippen LogP contribution in [-0.2, 0) is 11.2 Å². The number of carbonyl (C=O) groups is 1. The fourth-order valence-electron chi connectivity index (χ4n) is 3.62. The van der Waals surface area contributed by atoms with Crippen molar-refractivity contribution in [2.45, 2.75) is 64.7 Å². The summed E-state index contributed by atoms with van der Waals surface area (Å²) < 4.78 is 5.73. The van der Waals surface area contributed by atoms with E-state index in [0.29, 0.717) is 6.61 Å². The van der Waals surface area contributed by atoms with E-state index in [1.807, 2.05) is 12.1 Å². The summed E-state index contributed by atoms with van der Waals surface area (Å²) >= 11 is 0. The largest absolute Gasteiger partial charge is 0.493 e. The number of carbonyl (C=O) groups excluding carboxylic acids is 1. The van der Waals surface area contributed by atoms with E-state index in [1.165, 1.54) is 50.5 Å². The number of para-hydroxylation sites is 1. The molecule has 1 fully saturated rings. The molecule has 1 amide bonds. The van der Waals surface area contributed by atoms with Crippen molar-refractivity contribution in [2.75, 3.05) is 6.61 Å². The lowest BCUT2D eigenvalue weighted by atomic mass is 9.82. The first-order valence-corrected chi connectivity index (χ1v) is 9.14. The SMILES string of the molecule is CC(CCc1ccccc1OCCC(N)=O)CC1CCCCC1. The lowest BCUT2D eigenvalue weighted by Crippen LogP contribution is -2.15. The van der Waals surface area contributed by atoms with Gasteiger partial charge in [0.15, 0.2) is 0 Å². The number of ether oxygens (including phenoxy) is 1. The number of primary amides is 1. The van der Waals surface area contributed by atoms with Crippen LogP contribution in [0.2, 0.25) is 0 Å². The summed E-state index contributed by atoms with van der Waals surface area (Å²) in [6.45, 7) is 2.75. The maximum atomic E-state index is 10.8. The van der Waals surface area contributed by atoms with Gasteiger partial charge in [-0.15, -0.1) is 0 Å². The van der Waals surface area contributed by atoms with Crippen LogP contribution in [0.4, 0.5) is 0 Å². The second-order valence-electron chi connectivity index (χ2n) is 7.06. The minimum Gasteiger partial charge on any atom is -0.493 e. The molecule has 128 valence electrons. The standard InChI is InChI=1S/C20H31NO2/c1-16(15-17-7-3-2-4-8-17)11-12-18-9-5-6-10-19(18)23-14-13-20(21)22/h5-6,9-10,16-17H,2-4,7-8,11-15H2,1H3,(H2,21,22). The molecule has 3 heteroatoms. The maximum Gasteiger partial charge on any atom is 0.220 e. The molecular weight excluding hydrogens is 286 g/mol. The molecule has 2 rings (SSSR count). The Hall–Kier alpha value is -1.51. The lowest BCUT2D eigenvalue weighted by molar-refractivity contribution is -0.118. The third kappa shape index (κ3) is 6.64. The highest BCUT2D eigenvalue weighted by molar-refractivity contribution is 5.73. The van der Waals surface area contributed by atoms with Gasteiger partial charge in [0.25, 0.3) is 0 Å². The van der Waals surface area contributed by atoms with E-state index in [2.05, 4.69) is 19.1 Å². The number of aryl methyl sites for hydroxylation is 1. The number of amides is 1. The van der Waals surface area contributed by atoms with Gasteiger partial charge in [0.05, 0.1) is 13.0 Å². The molecule has 1 aliphatic carbocycles. The molecular formula is C20H31NO2. The van der Waals surface area contributed by atoms with Crippen LogP contribution >= 0.6 is 0 Å². The number of rotatable bonds is 9. The van der Waals surface area contributed by atoms with E-state index in [9.17, 15) is 4.79 Å². The molecule has 0 spiro atoms. The van der Waals surface area contributed by atoms with Gasteiger partial charge in [0, 0.05) is 0 Å². The zero-order chi connectivity index (χ0) is 16.5. The van der Waals surface area contributed by atoms with E-state index in [0.717, 1.165) is 24.0 Å². The summed E-state index contributed by atoms with van der Waals surface area (Å²) in [5, 5.41) is 0. The van der Waals surface area contributed by atoms with Crippen LogP contribution in [0, 0.1) is 11.8 Å². The van der Waals surface area contributed by atoms with E-state index in [1.54, 1.807) is 0 Å². The average molecular weight is 317 g/mol. The predicted molar refractivity (Wildman–Crippen MR) is 94.4 cm³/mol. The Bertz CT molecular complexity index is 480. The molecule has 3 nitrogen and oxygen atoms in total. The van der Waals surface area contributed by atoms with Crippen molar-refractivity contribution >= 4 is 5.91 Å². The third-order valence-electron chi connectivity index (χ3n) is 4.95. The van der Waals surface area contributed by atoms with Crippen molar-refractivity contribution < 1.29 is 9.53 Å². The van der Waals surface area contributed by atoms with Crippen LogP contribution in [0.1, 0.15) is 63.9 Å². The molecule has 2 N–H and O–H groups in total. The van der Waals surface area contributed by atoms with Gasteiger partial charge in [-0.2, -0.15) is 0 Å². The van der Waals surface area contributed by atoms with Crippen LogP contribution in [-0.4, -0.2) is 12.5 Å². The van der Waals surface area contributed by atoms with E-state index in [-0.39, 0.29) is 12.3 Å². The van der Waals surface area contributed by atoms with Crippen molar-refractivity contribution in [3.63, 3.8) is 0 Å². The van der Waals surface area contributed by atoms with Crippen molar-refractivity contribution in [2.24, 2.45) is 17.6 Å². The summed E-state index contributed by atoms with van der Waals surface area (Å²) in [6, 6.07) is 8.16. The highest BCUT2D eigenvalue weighted by atomic mass is 16.5. The molecule has 1 atom stereocenters. The van der Waals surface area contributed by atoms with Crippen molar-refractivity contribution in [1.29, 1.82) is 0 Å². The molecule has 1 aliphatic rings. The minimum atomic E-state index is -0.316. The molecule has 1 saturated carbocycles. The van der Waals surface area contributed by atoms with Crippen LogP contribution in [0.25, 0.3) is 0 Å². The van der Waals surface area contributed by atoms with E-state index in [4.69, 9.17) is 10.5 Å². The quantitative estimate of drug-likeness (QED) is 0.730. The first-order chi connectivity index (χ1) is 11.1. The normalized spacial score (nSPS) is 16.9. The zero-order valence-electron chi connectivity index (χ0n) is 14.4. The molecule has 1 unspecified atom stereocenters. The highest BCUT2D eigenvalue weighted by Crippen LogP contribution is 2.31. The topological polar surface area (TPSA) is 52.3 Å². The Morgan fingerprint density at radius 1 is 1.26 bits per heavy atom. The summed E-state index contributed by atoms with van der Waals surface area (Å²) in [4.78, 5) is 10.8. The molecule has 0 bridgehead atoms. The summed E-state index contributed by atoms with van der Waals surface area (Å²) in [5.74, 6) is 2.29. The monoisotopic (exact) mass is 317 g/mol. The summed E-state index contributed by atoms with van der Waals surface area (Å²) in [6.07, 6.45) is 11.0. The molecule has 0 heterocycles. The molecule has 23 heavy (non-hydrogen) atoms. The van der Waals surface area contributed by atoms with Crippen molar-refractivity contribution in [3.05, 3.63) is 29.8 Å². The number of hydrogen-bond donors (Lipinski definition) is 1. The third-order valence-corrected chi connectivity index (χ3v) is 4.95. The van der Waals surface area contributed by atoms with Crippen molar-refractivity contribution in [1.82, 2.24) is 0 Å². The van der Waals surface area contributed by atoms with E-state index < -0.39 is 0 Å². The van der Waals surface area contributed by atoms with E-state index >= 15 is 0 Å². The fraction of sp³-hybridized carbons (Fsp3) is 0.650. The van der Waals surface area contributed by atoms with Crippen LogP contribution in [0.15, 0.2) is 24.3 Å². The van der Waals surface area contributed by atoms with Gasteiger partial charge in [-0.25, -0.2) is 0 Å². The fourth-order valence-corrected chi connectivity index (χ4v) is 3.62. The van der Waals surface area contributed by atoms with Gasteiger partial charge < -0.3 is 10.5 Å². The van der Waals surface area contributed by atoms with Gasteiger partial charge in [-0.1, -0.05) is 57.2 Å². The smallest absolute Gasteiger partial charge is 0.220 e. The summed E-state index contributed by atoms with van der Waals surface area (Å²) in [5.41, 5.74) is 6.41. The Balaban J connectivity index is 1.78. The van der Waals surface area contributed by atoms with Gasteiger partial charge in [-0.3, -0.25) is 4.79 Å². The molecule has 0 saturated heterocycles. The Labute approximate surface area is 140 Å². The molecule has 1 aromatic rings. The second-order valence-corrected chi connectivity index (χ2v) is 7.06. The lowest BCUT2D eigenvalue weighted by Gasteiger charge is -2.24. The van der Waals surface area contributed by atoms with Crippen LogP contribution < -0.4 is 10.5 Å². The Kier molecular flexibility index (Phi) is 7.44. The number of hydrogen-bond acceptors (Lipinski definition) is 2. The summed E-state index contributed by atoms with van der Waals surface area (Å²) in [7, 11) is 0. The average Bonchev–Trinajstić information content (AvgIpc) is 2.54. The van der Waals surface area contributed by atoms with Gasteiger partial charge >= 0.3 is 0 Å². The van der Waals surface area contributed by atoms with Crippen molar-refractivity contribution in [3.8, 4) is 5.75 Å². The van der Waals surface area contributed by atoms with Gasteiger partial charge in [0.1, 0.15) is 5.75 Å². The Morgan fingerprint density at radius 3 is 2.74 bits per heavy atom. The molecule has 1 aromatic carbocycles.